The Morgan fingerprint density at radius 1 is 1.27 bits per heavy atom. The predicted octanol–water partition coefficient (Wildman–Crippen LogP) is 2.21. The molecule has 2 saturated heterocycles. The average molecular weight is 422 g/mol. The van der Waals surface area contributed by atoms with Crippen LogP contribution in [0, 0.1) is 0 Å². The zero-order valence-corrected chi connectivity index (χ0v) is 17.0. The smallest absolute Gasteiger partial charge is 0.244 e. The lowest BCUT2D eigenvalue weighted by atomic mass is 10.3. The van der Waals surface area contributed by atoms with Gasteiger partial charge in [0, 0.05) is 43.2 Å². The number of likely N-dealkylation sites (tertiary alicyclic amines) is 1. The molecule has 0 saturated carbocycles. The number of hydrogen-bond donors (Lipinski definition) is 2. The zero-order chi connectivity index (χ0) is 18.4. The maximum absolute atomic E-state index is 12.2. The van der Waals surface area contributed by atoms with Crippen molar-refractivity contribution in [2.24, 2.45) is 4.99 Å². The second-order valence-electron chi connectivity index (χ2n) is 6.81. The minimum atomic E-state index is 0.126. The summed E-state index contributed by atoms with van der Waals surface area (Å²) in [5.41, 5.74) is 1.22. The second kappa shape index (κ2) is 9.26. The van der Waals surface area contributed by atoms with Gasteiger partial charge in [-0.25, -0.2) is 4.99 Å². The van der Waals surface area contributed by atoms with Crippen LogP contribution in [0.15, 0.2) is 33.7 Å². The average Bonchev–Trinajstić information content (AvgIpc) is 3.32. The Balaban J connectivity index is 1.55. The van der Waals surface area contributed by atoms with Crippen molar-refractivity contribution >= 4 is 33.5 Å². The standard InChI is InChI=1S/C19H28BrN5O/c1-2-21-19(22-13-18(26)24-10-5-6-11-24)23-15-9-12-25(14-15)17-8-4-3-7-16(17)20/h3-4,7-8,15H,2,5-6,9-14H2,1H3,(H2,21,22,23). The summed E-state index contributed by atoms with van der Waals surface area (Å²) in [5, 5.41) is 6.75. The molecule has 0 radical (unpaired) electrons. The third-order valence-corrected chi connectivity index (χ3v) is 5.57. The lowest BCUT2D eigenvalue weighted by Gasteiger charge is -2.21. The van der Waals surface area contributed by atoms with Crippen molar-refractivity contribution in [3.63, 3.8) is 0 Å². The second-order valence-corrected chi connectivity index (χ2v) is 7.66. The van der Waals surface area contributed by atoms with Crippen LogP contribution in [0.5, 0.6) is 0 Å². The van der Waals surface area contributed by atoms with Gasteiger partial charge in [-0.15, -0.1) is 0 Å². The highest BCUT2D eigenvalue weighted by Crippen LogP contribution is 2.28. The number of para-hydroxylation sites is 1. The first kappa shape index (κ1) is 19.0. The van der Waals surface area contributed by atoms with E-state index < -0.39 is 0 Å². The molecule has 1 unspecified atom stereocenters. The molecule has 2 aliphatic heterocycles. The SMILES string of the molecule is CCNC(=NCC(=O)N1CCCC1)NC1CCN(c2ccccc2Br)C1. The molecule has 1 aromatic rings. The van der Waals surface area contributed by atoms with Gasteiger partial charge in [-0.05, 0) is 54.2 Å². The van der Waals surface area contributed by atoms with Crippen molar-refractivity contribution in [2.45, 2.75) is 32.2 Å². The Labute approximate surface area is 164 Å². The fraction of sp³-hybridized carbons (Fsp3) is 0.579. The molecule has 3 rings (SSSR count). The molecule has 2 aliphatic rings. The molecule has 0 aromatic heterocycles. The Kier molecular flexibility index (Phi) is 6.77. The summed E-state index contributed by atoms with van der Waals surface area (Å²) in [7, 11) is 0. The number of guanidine groups is 1. The van der Waals surface area contributed by atoms with E-state index >= 15 is 0 Å². The summed E-state index contributed by atoms with van der Waals surface area (Å²) in [5.74, 6) is 0.861. The van der Waals surface area contributed by atoms with E-state index in [1.807, 2.05) is 17.9 Å². The lowest BCUT2D eigenvalue weighted by Crippen LogP contribution is -2.45. The minimum absolute atomic E-state index is 0.126. The van der Waals surface area contributed by atoms with Gasteiger partial charge >= 0.3 is 0 Å². The number of halogens is 1. The number of amides is 1. The van der Waals surface area contributed by atoms with Crippen molar-refractivity contribution in [1.82, 2.24) is 15.5 Å². The summed E-state index contributed by atoms with van der Waals surface area (Å²) in [4.78, 5) is 21.0. The zero-order valence-electron chi connectivity index (χ0n) is 15.4. The van der Waals surface area contributed by atoms with E-state index in [0.29, 0.717) is 6.04 Å². The molecule has 0 spiro atoms. The molecule has 1 atom stereocenters. The van der Waals surface area contributed by atoms with Crippen LogP contribution in [0.2, 0.25) is 0 Å². The van der Waals surface area contributed by atoms with E-state index in [2.05, 4.69) is 54.7 Å². The third-order valence-electron chi connectivity index (χ3n) is 4.90. The number of hydrogen-bond acceptors (Lipinski definition) is 3. The number of nitrogens with one attached hydrogen (secondary N) is 2. The van der Waals surface area contributed by atoms with Crippen LogP contribution >= 0.6 is 15.9 Å². The minimum Gasteiger partial charge on any atom is -0.368 e. The Hall–Kier alpha value is -1.76. The summed E-state index contributed by atoms with van der Waals surface area (Å²) in [6.45, 7) is 6.73. The van der Waals surface area contributed by atoms with E-state index in [-0.39, 0.29) is 12.5 Å². The van der Waals surface area contributed by atoms with Gasteiger partial charge in [-0.1, -0.05) is 12.1 Å². The summed E-state index contributed by atoms with van der Waals surface area (Å²) >= 11 is 3.63. The highest BCUT2D eigenvalue weighted by atomic mass is 79.9. The van der Waals surface area contributed by atoms with Crippen LogP contribution in [0.25, 0.3) is 0 Å². The number of nitrogens with zero attached hydrogens (tertiary/aromatic N) is 3. The predicted molar refractivity (Wildman–Crippen MR) is 110 cm³/mol. The molecule has 2 N–H and O–H groups in total. The summed E-state index contributed by atoms with van der Waals surface area (Å²) < 4.78 is 1.12. The van der Waals surface area contributed by atoms with Crippen LogP contribution in [0.4, 0.5) is 5.69 Å². The first-order valence-electron chi connectivity index (χ1n) is 9.49. The number of anilines is 1. The van der Waals surface area contributed by atoms with E-state index in [1.54, 1.807) is 0 Å². The van der Waals surface area contributed by atoms with E-state index in [4.69, 9.17) is 0 Å². The Morgan fingerprint density at radius 2 is 2.04 bits per heavy atom. The summed E-state index contributed by atoms with van der Waals surface area (Å²) in [6, 6.07) is 8.64. The van der Waals surface area contributed by atoms with E-state index in [0.717, 1.165) is 62.4 Å². The molecule has 142 valence electrons. The molecule has 6 nitrogen and oxygen atoms in total. The number of carbonyl (C=O) groups excluding carboxylic acids is 1. The van der Waals surface area contributed by atoms with Gasteiger partial charge in [0.25, 0.3) is 0 Å². The monoisotopic (exact) mass is 421 g/mol. The highest BCUT2D eigenvalue weighted by molar-refractivity contribution is 9.10. The maximum Gasteiger partial charge on any atom is 0.244 e. The summed E-state index contributed by atoms with van der Waals surface area (Å²) in [6.07, 6.45) is 3.27. The van der Waals surface area contributed by atoms with Gasteiger partial charge < -0.3 is 20.4 Å². The van der Waals surface area contributed by atoms with Gasteiger partial charge in [0.15, 0.2) is 5.96 Å². The van der Waals surface area contributed by atoms with Crippen LogP contribution in [0.3, 0.4) is 0 Å². The molecule has 0 aliphatic carbocycles. The van der Waals surface area contributed by atoms with Crippen LogP contribution < -0.4 is 15.5 Å². The quantitative estimate of drug-likeness (QED) is 0.565. The molecule has 7 heteroatoms. The maximum atomic E-state index is 12.2. The van der Waals surface area contributed by atoms with Crippen molar-refractivity contribution in [2.75, 3.05) is 44.2 Å². The Bertz CT molecular complexity index is 645. The molecule has 1 amide bonds. The Morgan fingerprint density at radius 3 is 2.77 bits per heavy atom. The topological polar surface area (TPSA) is 60.0 Å². The molecular weight excluding hydrogens is 394 g/mol. The van der Waals surface area contributed by atoms with Crippen molar-refractivity contribution in [3.05, 3.63) is 28.7 Å². The van der Waals surface area contributed by atoms with Gasteiger partial charge in [0.1, 0.15) is 6.54 Å². The van der Waals surface area contributed by atoms with Gasteiger partial charge in [-0.2, -0.15) is 0 Å². The third kappa shape index (κ3) is 4.90. The first-order valence-corrected chi connectivity index (χ1v) is 10.3. The van der Waals surface area contributed by atoms with Gasteiger partial charge in [0.05, 0.1) is 5.69 Å². The highest BCUT2D eigenvalue weighted by Gasteiger charge is 2.25. The number of aliphatic imine (C=N–C) groups is 1. The fourth-order valence-electron chi connectivity index (χ4n) is 3.53. The molecular formula is C19H28BrN5O. The fourth-order valence-corrected chi connectivity index (χ4v) is 4.07. The lowest BCUT2D eigenvalue weighted by molar-refractivity contribution is -0.128. The van der Waals surface area contributed by atoms with E-state index in [1.165, 1.54) is 5.69 Å². The largest absolute Gasteiger partial charge is 0.368 e. The van der Waals surface area contributed by atoms with E-state index in [9.17, 15) is 4.79 Å². The number of rotatable bonds is 5. The molecule has 0 bridgehead atoms. The normalized spacial score (nSPS) is 20.5. The van der Waals surface area contributed by atoms with Crippen LogP contribution in [-0.4, -0.2) is 62.1 Å². The van der Waals surface area contributed by atoms with Crippen LogP contribution in [-0.2, 0) is 4.79 Å². The molecule has 2 heterocycles. The molecule has 1 aromatic carbocycles. The number of carbonyl (C=O) groups is 1. The van der Waals surface area contributed by atoms with Crippen molar-refractivity contribution in [3.8, 4) is 0 Å². The van der Waals surface area contributed by atoms with Gasteiger partial charge in [0.2, 0.25) is 5.91 Å². The molecule has 2 fully saturated rings. The van der Waals surface area contributed by atoms with Crippen molar-refractivity contribution in [1.29, 1.82) is 0 Å². The molecule has 26 heavy (non-hydrogen) atoms. The first-order chi connectivity index (χ1) is 12.7. The van der Waals surface area contributed by atoms with Crippen molar-refractivity contribution < 1.29 is 4.79 Å². The number of benzene rings is 1. The van der Waals surface area contributed by atoms with Crippen LogP contribution in [0.1, 0.15) is 26.2 Å². The van der Waals surface area contributed by atoms with Gasteiger partial charge in [-0.3, -0.25) is 4.79 Å².